The van der Waals surface area contributed by atoms with Gasteiger partial charge in [0.05, 0.1) is 24.0 Å². The highest BCUT2D eigenvalue weighted by molar-refractivity contribution is 7.08. The monoisotopic (exact) mass is 393 g/mol. The number of hydrogen-bond donors (Lipinski definition) is 1. The lowest BCUT2D eigenvalue weighted by molar-refractivity contribution is 0.0950. The molecule has 132 valence electrons. The zero-order valence-corrected chi connectivity index (χ0v) is 15.4. The van der Waals surface area contributed by atoms with E-state index in [0.717, 1.165) is 28.5 Å². The molecule has 0 atom stereocenters. The molecule has 0 aliphatic carbocycles. The summed E-state index contributed by atoms with van der Waals surface area (Å²) >= 11 is 2.74. The van der Waals surface area contributed by atoms with Crippen LogP contribution in [0.5, 0.6) is 0 Å². The summed E-state index contributed by atoms with van der Waals surface area (Å²) in [6.45, 7) is 0.216. The largest absolute Gasteiger partial charge is 0.345 e. The van der Waals surface area contributed by atoms with Crippen LogP contribution in [0.25, 0.3) is 27.9 Å². The van der Waals surface area contributed by atoms with Crippen LogP contribution in [0.3, 0.4) is 0 Å². The van der Waals surface area contributed by atoms with Crippen LogP contribution in [-0.4, -0.2) is 34.5 Å². The lowest BCUT2D eigenvalue weighted by atomic mass is 10.2. The predicted molar refractivity (Wildman–Crippen MR) is 103 cm³/mol. The SMILES string of the molecule is O=C(NCc1nnc2ccc(-c3ccsc3)nn12)c1ccc2nsnc2c1. The van der Waals surface area contributed by atoms with Crippen molar-refractivity contribution in [1.29, 1.82) is 0 Å². The smallest absolute Gasteiger partial charge is 0.251 e. The summed E-state index contributed by atoms with van der Waals surface area (Å²) in [6, 6.07) is 11.0. The van der Waals surface area contributed by atoms with E-state index in [2.05, 4.69) is 29.4 Å². The van der Waals surface area contributed by atoms with Crippen molar-refractivity contribution in [1.82, 2.24) is 33.9 Å². The van der Waals surface area contributed by atoms with Gasteiger partial charge in [-0.1, -0.05) is 0 Å². The van der Waals surface area contributed by atoms with Crippen molar-refractivity contribution in [3.8, 4) is 11.3 Å². The Labute approximate surface area is 160 Å². The van der Waals surface area contributed by atoms with Crippen LogP contribution in [0.15, 0.2) is 47.2 Å². The number of hydrogen-bond acceptors (Lipinski definition) is 8. The standard InChI is InChI=1S/C17H11N7OS2/c25-17(10-1-2-13-14(7-10)23-27-22-13)18-8-16-20-19-15-4-3-12(21-24(15)16)11-5-6-26-9-11/h1-7,9H,8H2,(H,18,25). The third kappa shape index (κ3) is 2.94. The van der Waals surface area contributed by atoms with Gasteiger partial charge in [0, 0.05) is 16.5 Å². The molecule has 0 bridgehead atoms. The molecule has 0 aliphatic rings. The average molecular weight is 393 g/mol. The second-order valence-electron chi connectivity index (χ2n) is 5.77. The molecule has 5 rings (SSSR count). The Morgan fingerprint density at radius 1 is 1.07 bits per heavy atom. The Balaban J connectivity index is 1.39. The molecule has 0 fully saturated rings. The van der Waals surface area contributed by atoms with Gasteiger partial charge in [0.1, 0.15) is 11.0 Å². The molecule has 4 aromatic heterocycles. The summed E-state index contributed by atoms with van der Waals surface area (Å²) < 4.78 is 9.95. The molecule has 0 radical (unpaired) electrons. The molecule has 0 saturated heterocycles. The van der Waals surface area contributed by atoms with E-state index in [0.29, 0.717) is 22.6 Å². The van der Waals surface area contributed by atoms with Gasteiger partial charge in [-0.3, -0.25) is 4.79 Å². The summed E-state index contributed by atoms with van der Waals surface area (Å²) in [7, 11) is 0. The number of rotatable bonds is 4. The van der Waals surface area contributed by atoms with Crippen LogP contribution in [-0.2, 0) is 6.54 Å². The van der Waals surface area contributed by atoms with Gasteiger partial charge in [0.15, 0.2) is 11.5 Å². The average Bonchev–Trinajstić information content (AvgIpc) is 3.45. The molecular formula is C17H11N7OS2. The second kappa shape index (κ2) is 6.49. The van der Waals surface area contributed by atoms with E-state index in [1.54, 1.807) is 34.1 Å². The third-order valence-corrected chi connectivity index (χ3v) is 5.31. The molecule has 8 nitrogen and oxygen atoms in total. The van der Waals surface area contributed by atoms with Gasteiger partial charge in [0.2, 0.25) is 0 Å². The van der Waals surface area contributed by atoms with E-state index in [9.17, 15) is 4.79 Å². The van der Waals surface area contributed by atoms with E-state index < -0.39 is 0 Å². The summed E-state index contributed by atoms with van der Waals surface area (Å²) in [6.07, 6.45) is 0. The normalized spacial score (nSPS) is 11.3. The van der Waals surface area contributed by atoms with E-state index in [1.807, 2.05) is 29.0 Å². The minimum atomic E-state index is -0.212. The van der Waals surface area contributed by atoms with Gasteiger partial charge in [-0.25, -0.2) is 0 Å². The van der Waals surface area contributed by atoms with E-state index >= 15 is 0 Å². The number of nitrogens with zero attached hydrogens (tertiary/aromatic N) is 6. The number of benzene rings is 1. The quantitative estimate of drug-likeness (QED) is 0.504. The molecule has 0 aliphatic heterocycles. The van der Waals surface area contributed by atoms with Crippen LogP contribution in [0.2, 0.25) is 0 Å². The minimum Gasteiger partial charge on any atom is -0.345 e. The molecular weight excluding hydrogens is 382 g/mol. The maximum Gasteiger partial charge on any atom is 0.251 e. The van der Waals surface area contributed by atoms with Crippen molar-refractivity contribution in [2.24, 2.45) is 0 Å². The third-order valence-electron chi connectivity index (χ3n) is 4.07. The zero-order chi connectivity index (χ0) is 18.2. The van der Waals surface area contributed by atoms with Gasteiger partial charge in [-0.2, -0.15) is 29.7 Å². The molecule has 1 aromatic carbocycles. The van der Waals surface area contributed by atoms with Gasteiger partial charge in [-0.15, -0.1) is 10.2 Å². The number of thiophene rings is 1. The van der Waals surface area contributed by atoms with E-state index in [-0.39, 0.29) is 12.5 Å². The Morgan fingerprint density at radius 2 is 2.00 bits per heavy atom. The molecule has 4 heterocycles. The van der Waals surface area contributed by atoms with Crippen LogP contribution in [0.4, 0.5) is 0 Å². The van der Waals surface area contributed by atoms with Crippen molar-refractivity contribution in [2.75, 3.05) is 0 Å². The van der Waals surface area contributed by atoms with Gasteiger partial charge in [0.25, 0.3) is 5.91 Å². The summed E-state index contributed by atoms with van der Waals surface area (Å²) in [4.78, 5) is 12.5. The fourth-order valence-corrected chi connectivity index (χ4v) is 3.86. The molecule has 0 spiro atoms. The molecule has 10 heteroatoms. The predicted octanol–water partition coefficient (Wildman–Crippen LogP) is 2.79. The Morgan fingerprint density at radius 3 is 2.89 bits per heavy atom. The Bertz CT molecular complexity index is 1260. The fourth-order valence-electron chi connectivity index (χ4n) is 2.69. The lowest BCUT2D eigenvalue weighted by Crippen LogP contribution is -2.24. The zero-order valence-electron chi connectivity index (χ0n) is 13.7. The second-order valence-corrected chi connectivity index (χ2v) is 7.08. The van der Waals surface area contributed by atoms with Crippen molar-refractivity contribution in [3.63, 3.8) is 0 Å². The van der Waals surface area contributed by atoms with E-state index in [4.69, 9.17) is 0 Å². The molecule has 27 heavy (non-hydrogen) atoms. The summed E-state index contributed by atoms with van der Waals surface area (Å²) in [5.41, 5.74) is 4.52. The van der Waals surface area contributed by atoms with Crippen molar-refractivity contribution in [2.45, 2.75) is 6.54 Å². The number of nitrogens with one attached hydrogen (secondary N) is 1. The Hall–Kier alpha value is -3.24. The first-order chi connectivity index (χ1) is 13.3. The van der Waals surface area contributed by atoms with Gasteiger partial charge >= 0.3 is 0 Å². The number of carbonyl (C=O) groups is 1. The van der Waals surface area contributed by atoms with Crippen LogP contribution >= 0.6 is 23.1 Å². The highest BCUT2D eigenvalue weighted by atomic mass is 32.1. The molecule has 1 N–H and O–H groups in total. The molecule has 0 saturated carbocycles. The number of fused-ring (bicyclic) bond motifs is 2. The first-order valence-electron chi connectivity index (χ1n) is 8.02. The van der Waals surface area contributed by atoms with Crippen LogP contribution in [0.1, 0.15) is 16.2 Å². The molecule has 1 amide bonds. The highest BCUT2D eigenvalue weighted by Crippen LogP contribution is 2.20. The minimum absolute atomic E-state index is 0.212. The number of aromatic nitrogens is 6. The maximum atomic E-state index is 12.5. The van der Waals surface area contributed by atoms with Crippen molar-refractivity contribution < 1.29 is 4.79 Å². The number of carbonyl (C=O) groups excluding carboxylic acids is 1. The lowest BCUT2D eigenvalue weighted by Gasteiger charge is -2.05. The maximum absolute atomic E-state index is 12.5. The molecule has 5 aromatic rings. The van der Waals surface area contributed by atoms with Crippen LogP contribution < -0.4 is 5.32 Å². The first kappa shape index (κ1) is 16.0. The van der Waals surface area contributed by atoms with Crippen molar-refractivity contribution in [3.05, 3.63) is 58.5 Å². The first-order valence-corrected chi connectivity index (χ1v) is 9.70. The van der Waals surface area contributed by atoms with Gasteiger partial charge < -0.3 is 5.32 Å². The van der Waals surface area contributed by atoms with Crippen molar-refractivity contribution >= 4 is 45.7 Å². The molecule has 0 unspecified atom stereocenters. The summed E-state index contributed by atoms with van der Waals surface area (Å²) in [5.74, 6) is 0.350. The Kier molecular flexibility index (Phi) is 3.84. The van der Waals surface area contributed by atoms with Gasteiger partial charge in [-0.05, 0) is 41.8 Å². The summed E-state index contributed by atoms with van der Waals surface area (Å²) in [5, 5.41) is 19.7. The highest BCUT2D eigenvalue weighted by Gasteiger charge is 2.12. The topological polar surface area (TPSA) is 98.0 Å². The number of amides is 1. The van der Waals surface area contributed by atoms with Crippen LogP contribution in [0, 0.1) is 0 Å². The van der Waals surface area contributed by atoms with E-state index in [1.165, 1.54) is 0 Å². The fraction of sp³-hybridized carbons (Fsp3) is 0.0588.